The molecule has 0 heterocycles. The third-order valence-electron chi connectivity index (χ3n) is 2.40. The predicted molar refractivity (Wildman–Crippen MR) is 56.7 cm³/mol. The van der Waals surface area contributed by atoms with E-state index in [9.17, 15) is 5.11 Å². The second kappa shape index (κ2) is 5.17. The molecule has 1 atom stereocenters. The van der Waals surface area contributed by atoms with Gasteiger partial charge in [-0.1, -0.05) is 5.57 Å². The van der Waals surface area contributed by atoms with Gasteiger partial charge in [0.25, 0.3) is 0 Å². The van der Waals surface area contributed by atoms with Crippen LogP contribution in [-0.4, -0.2) is 24.4 Å². The van der Waals surface area contributed by atoms with Crippen molar-refractivity contribution in [3.63, 3.8) is 0 Å². The van der Waals surface area contributed by atoms with E-state index >= 15 is 0 Å². The number of rotatable bonds is 4. The van der Waals surface area contributed by atoms with Crippen molar-refractivity contribution in [2.45, 2.75) is 32.8 Å². The van der Waals surface area contributed by atoms with Gasteiger partial charge in [0.2, 0.25) is 0 Å². The Kier molecular flexibility index (Phi) is 4.17. The fourth-order valence-corrected chi connectivity index (χ4v) is 1.35. The lowest BCUT2D eigenvalue weighted by atomic mass is 9.99. The average molecular weight is 197 g/mol. The fraction of sp³-hybridized carbons (Fsp3) is 0.636. The fourth-order valence-electron chi connectivity index (χ4n) is 1.35. The quantitative estimate of drug-likeness (QED) is 0.715. The lowest BCUT2D eigenvalue weighted by Gasteiger charge is -2.18. The van der Waals surface area contributed by atoms with Gasteiger partial charge in [0.05, 0.1) is 0 Å². The van der Waals surface area contributed by atoms with Crippen LogP contribution in [0.4, 0.5) is 0 Å². The molecule has 0 aliphatic heterocycles. The van der Waals surface area contributed by atoms with Crippen molar-refractivity contribution >= 4 is 0 Å². The number of aliphatic hydroxyl groups is 1. The normalized spacial score (nSPS) is 19.3. The van der Waals surface area contributed by atoms with E-state index in [1.54, 1.807) is 0 Å². The Balaban J connectivity index is 2.50. The first-order valence-corrected chi connectivity index (χ1v) is 5.01. The van der Waals surface area contributed by atoms with E-state index in [2.05, 4.69) is 13.8 Å². The Bertz CT molecular complexity index is 256. The third kappa shape index (κ3) is 3.16. The largest absolute Gasteiger partial charge is 0.491 e. The van der Waals surface area contributed by atoms with E-state index in [0.717, 1.165) is 18.6 Å². The number of allylic oxidation sites excluding steroid dienone is 3. The minimum atomic E-state index is -0.564. The van der Waals surface area contributed by atoms with Crippen LogP contribution in [0.2, 0.25) is 0 Å². The van der Waals surface area contributed by atoms with Gasteiger partial charge in [-0.2, -0.15) is 0 Å². The van der Waals surface area contributed by atoms with Crippen LogP contribution in [0.5, 0.6) is 0 Å². The lowest BCUT2D eigenvalue weighted by Crippen LogP contribution is -2.25. The maximum atomic E-state index is 9.25. The molecule has 1 unspecified atom stereocenters. The average Bonchev–Trinajstić information content (AvgIpc) is 2.19. The molecule has 0 amide bonds. The monoisotopic (exact) mass is 197 g/mol. The molecule has 3 N–H and O–H groups in total. The Morgan fingerprint density at radius 3 is 2.86 bits per heavy atom. The summed E-state index contributed by atoms with van der Waals surface area (Å²) in [5.41, 5.74) is 7.86. The van der Waals surface area contributed by atoms with Gasteiger partial charge in [0, 0.05) is 6.54 Å². The molecule has 0 aromatic rings. The van der Waals surface area contributed by atoms with Crippen LogP contribution >= 0.6 is 0 Å². The highest BCUT2D eigenvalue weighted by Gasteiger charge is 2.10. The summed E-state index contributed by atoms with van der Waals surface area (Å²) in [6.45, 7) is 4.68. The number of aliphatic hydroxyl groups excluding tert-OH is 1. The van der Waals surface area contributed by atoms with Gasteiger partial charge in [0.1, 0.15) is 18.5 Å². The zero-order valence-electron chi connectivity index (χ0n) is 8.92. The molecule has 1 aliphatic rings. The highest BCUT2D eigenvalue weighted by Crippen LogP contribution is 2.23. The van der Waals surface area contributed by atoms with Gasteiger partial charge in [0.15, 0.2) is 0 Å². The lowest BCUT2D eigenvalue weighted by molar-refractivity contribution is 0.0797. The molecule has 0 aromatic heterocycles. The Morgan fingerprint density at radius 2 is 2.21 bits per heavy atom. The molecule has 14 heavy (non-hydrogen) atoms. The summed E-state index contributed by atoms with van der Waals surface area (Å²) in [6.07, 6.45) is 3.64. The summed E-state index contributed by atoms with van der Waals surface area (Å²) in [4.78, 5) is 0. The van der Waals surface area contributed by atoms with E-state index in [-0.39, 0.29) is 13.2 Å². The van der Waals surface area contributed by atoms with E-state index in [0.29, 0.717) is 0 Å². The highest BCUT2D eigenvalue weighted by atomic mass is 16.5. The van der Waals surface area contributed by atoms with Gasteiger partial charge >= 0.3 is 0 Å². The standard InChI is InChI=1S/C11H19NO2/c1-8-3-4-9(2)11(5-8)14-7-10(13)6-12/h5,10,13H,3-4,6-7,12H2,1-2H3. The first-order valence-electron chi connectivity index (χ1n) is 5.01. The topological polar surface area (TPSA) is 55.5 Å². The van der Waals surface area contributed by atoms with Crippen molar-refractivity contribution in [2.24, 2.45) is 5.73 Å². The summed E-state index contributed by atoms with van der Waals surface area (Å²) < 4.78 is 5.49. The maximum absolute atomic E-state index is 9.25. The Hall–Kier alpha value is -0.800. The molecule has 1 rings (SSSR count). The van der Waals surface area contributed by atoms with Crippen molar-refractivity contribution in [2.75, 3.05) is 13.2 Å². The summed E-state index contributed by atoms with van der Waals surface area (Å²) >= 11 is 0. The molecule has 0 fully saturated rings. The molecule has 0 bridgehead atoms. The van der Waals surface area contributed by atoms with Crippen molar-refractivity contribution in [1.82, 2.24) is 0 Å². The van der Waals surface area contributed by atoms with Crippen molar-refractivity contribution in [3.8, 4) is 0 Å². The van der Waals surface area contributed by atoms with Crippen molar-refractivity contribution < 1.29 is 9.84 Å². The molecule has 3 nitrogen and oxygen atoms in total. The summed E-state index contributed by atoms with van der Waals surface area (Å²) in [6, 6.07) is 0. The van der Waals surface area contributed by atoms with Gasteiger partial charge in [-0.3, -0.25) is 0 Å². The van der Waals surface area contributed by atoms with E-state index in [1.165, 1.54) is 11.1 Å². The Labute approximate surface area is 85.3 Å². The van der Waals surface area contributed by atoms with E-state index < -0.39 is 6.10 Å². The Morgan fingerprint density at radius 1 is 1.50 bits per heavy atom. The number of ether oxygens (including phenoxy) is 1. The van der Waals surface area contributed by atoms with Crippen LogP contribution in [0.15, 0.2) is 23.0 Å². The molecule has 0 aromatic carbocycles. The minimum Gasteiger partial charge on any atom is -0.491 e. The predicted octanol–water partition coefficient (Wildman–Crippen LogP) is 1.34. The second-order valence-corrected chi connectivity index (χ2v) is 3.84. The molecule has 3 heteroatoms. The second-order valence-electron chi connectivity index (χ2n) is 3.84. The maximum Gasteiger partial charge on any atom is 0.118 e. The first kappa shape index (κ1) is 11.3. The van der Waals surface area contributed by atoms with Gasteiger partial charge in [-0.05, 0) is 38.3 Å². The van der Waals surface area contributed by atoms with Crippen LogP contribution in [0, 0.1) is 0 Å². The number of nitrogens with two attached hydrogens (primary N) is 1. The van der Waals surface area contributed by atoms with Crippen LogP contribution in [0.25, 0.3) is 0 Å². The SMILES string of the molecule is CC1=CC(OCC(O)CN)=C(C)CC1. The molecule has 0 spiro atoms. The molecule has 0 radical (unpaired) electrons. The van der Waals surface area contributed by atoms with Crippen LogP contribution in [-0.2, 0) is 4.74 Å². The van der Waals surface area contributed by atoms with E-state index in [4.69, 9.17) is 10.5 Å². The zero-order chi connectivity index (χ0) is 10.6. The van der Waals surface area contributed by atoms with Crippen LogP contribution in [0.3, 0.4) is 0 Å². The van der Waals surface area contributed by atoms with Crippen LogP contribution < -0.4 is 5.73 Å². The molecule has 1 aliphatic carbocycles. The molecule has 0 saturated heterocycles. The highest BCUT2D eigenvalue weighted by molar-refractivity contribution is 5.27. The summed E-state index contributed by atoms with van der Waals surface area (Å²) in [7, 11) is 0. The minimum absolute atomic E-state index is 0.245. The molecule has 80 valence electrons. The zero-order valence-corrected chi connectivity index (χ0v) is 8.92. The van der Waals surface area contributed by atoms with Gasteiger partial charge < -0.3 is 15.6 Å². The van der Waals surface area contributed by atoms with Crippen molar-refractivity contribution in [3.05, 3.63) is 23.0 Å². The number of hydrogen-bond donors (Lipinski definition) is 2. The van der Waals surface area contributed by atoms with Crippen LogP contribution in [0.1, 0.15) is 26.7 Å². The summed E-state index contributed by atoms with van der Waals surface area (Å²) in [5.74, 6) is 0.904. The summed E-state index contributed by atoms with van der Waals surface area (Å²) in [5, 5.41) is 9.25. The third-order valence-corrected chi connectivity index (χ3v) is 2.40. The van der Waals surface area contributed by atoms with Gasteiger partial charge in [-0.15, -0.1) is 0 Å². The van der Waals surface area contributed by atoms with Gasteiger partial charge in [-0.25, -0.2) is 0 Å². The van der Waals surface area contributed by atoms with Crippen molar-refractivity contribution in [1.29, 1.82) is 0 Å². The van der Waals surface area contributed by atoms with E-state index in [1.807, 2.05) is 6.08 Å². The smallest absolute Gasteiger partial charge is 0.118 e. The molecular weight excluding hydrogens is 178 g/mol. The molecular formula is C11H19NO2. The first-order chi connectivity index (χ1) is 6.63. The molecule has 0 saturated carbocycles. The number of hydrogen-bond acceptors (Lipinski definition) is 3.